The topological polar surface area (TPSA) is 28.2 Å². The number of rotatable bonds is 6. The molecule has 3 heteroatoms. The smallest absolute Gasteiger partial charge is 0.0445 e. The fraction of sp³-hybridized carbons (Fsp3) is 0.688. The molecular weight excluding hydrogens is 234 g/mol. The third-order valence-corrected chi connectivity index (χ3v) is 4.03. The molecule has 0 amide bonds. The lowest BCUT2D eigenvalue weighted by Gasteiger charge is -2.38. The van der Waals surface area contributed by atoms with Crippen LogP contribution in [0.1, 0.15) is 51.5 Å². The second kappa shape index (κ2) is 7.49. The summed E-state index contributed by atoms with van der Waals surface area (Å²) in [5.41, 5.74) is 2.74. The maximum absolute atomic E-state index is 4.30. The zero-order valence-corrected chi connectivity index (χ0v) is 12.4. The molecule has 1 aromatic rings. The first kappa shape index (κ1) is 14.3. The van der Waals surface area contributed by atoms with Crippen molar-refractivity contribution in [3.05, 3.63) is 24.0 Å². The predicted molar refractivity (Wildman–Crippen MR) is 81.5 cm³/mol. The molecule has 0 radical (unpaired) electrons. The minimum absolute atomic E-state index is 0.709. The fourth-order valence-electron chi connectivity index (χ4n) is 2.98. The highest BCUT2D eigenvalue weighted by Crippen LogP contribution is 2.28. The maximum Gasteiger partial charge on any atom is 0.0445 e. The van der Waals surface area contributed by atoms with Crippen LogP contribution in [0.4, 0.5) is 5.69 Å². The van der Waals surface area contributed by atoms with Crippen LogP contribution in [0.25, 0.3) is 0 Å². The molecule has 1 aliphatic rings. The van der Waals surface area contributed by atoms with Crippen LogP contribution in [0.5, 0.6) is 0 Å². The van der Waals surface area contributed by atoms with E-state index in [1.807, 2.05) is 12.4 Å². The standard InChI is InChI=1S/C16H27N3/c1-3-9-17-12-14-13-18-10-8-16(14)19-11-6-5-7-15(19)4-2/h8,10,13,15,17H,3-7,9,11-12H2,1-2H3. The van der Waals surface area contributed by atoms with E-state index in [9.17, 15) is 0 Å². The van der Waals surface area contributed by atoms with Crippen LogP contribution in [-0.4, -0.2) is 24.1 Å². The summed E-state index contributed by atoms with van der Waals surface area (Å²) >= 11 is 0. The molecule has 3 nitrogen and oxygen atoms in total. The molecule has 0 spiro atoms. The summed E-state index contributed by atoms with van der Waals surface area (Å²) in [6, 6.07) is 2.90. The van der Waals surface area contributed by atoms with E-state index in [1.165, 1.54) is 49.9 Å². The third-order valence-electron chi connectivity index (χ3n) is 4.03. The van der Waals surface area contributed by atoms with Crippen molar-refractivity contribution >= 4 is 5.69 Å². The van der Waals surface area contributed by atoms with E-state index in [2.05, 4.69) is 35.1 Å². The van der Waals surface area contributed by atoms with Gasteiger partial charge in [-0.15, -0.1) is 0 Å². The monoisotopic (exact) mass is 261 g/mol. The van der Waals surface area contributed by atoms with Gasteiger partial charge in [-0.2, -0.15) is 0 Å². The van der Waals surface area contributed by atoms with Crippen LogP contribution in [0.15, 0.2) is 18.5 Å². The zero-order chi connectivity index (χ0) is 13.5. The molecule has 1 unspecified atom stereocenters. The molecule has 106 valence electrons. The number of hydrogen-bond acceptors (Lipinski definition) is 3. The molecular formula is C16H27N3. The van der Waals surface area contributed by atoms with Gasteiger partial charge in [0, 0.05) is 42.8 Å². The molecule has 1 atom stereocenters. The van der Waals surface area contributed by atoms with Gasteiger partial charge in [0.1, 0.15) is 0 Å². The number of piperidine rings is 1. The van der Waals surface area contributed by atoms with Crippen molar-refractivity contribution in [3.8, 4) is 0 Å². The molecule has 1 saturated heterocycles. The van der Waals surface area contributed by atoms with Crippen molar-refractivity contribution in [3.63, 3.8) is 0 Å². The third kappa shape index (κ3) is 3.69. The normalized spacial score (nSPS) is 19.7. The highest BCUT2D eigenvalue weighted by Gasteiger charge is 2.22. The average molecular weight is 261 g/mol. The second-order valence-electron chi connectivity index (χ2n) is 5.43. The van der Waals surface area contributed by atoms with Crippen molar-refractivity contribution in [2.24, 2.45) is 0 Å². The summed E-state index contributed by atoms with van der Waals surface area (Å²) in [6.07, 6.45) is 10.4. The number of pyridine rings is 1. The van der Waals surface area contributed by atoms with E-state index < -0.39 is 0 Å². The molecule has 19 heavy (non-hydrogen) atoms. The highest BCUT2D eigenvalue weighted by atomic mass is 15.2. The molecule has 0 saturated carbocycles. The predicted octanol–water partition coefficient (Wildman–Crippen LogP) is 3.35. The summed E-state index contributed by atoms with van der Waals surface area (Å²) in [5.74, 6) is 0. The summed E-state index contributed by atoms with van der Waals surface area (Å²) in [5, 5.41) is 3.50. The number of nitrogens with one attached hydrogen (secondary N) is 1. The molecule has 2 rings (SSSR count). The minimum atomic E-state index is 0.709. The van der Waals surface area contributed by atoms with Crippen LogP contribution < -0.4 is 10.2 Å². The molecule has 2 heterocycles. The van der Waals surface area contributed by atoms with Gasteiger partial charge in [0.2, 0.25) is 0 Å². The van der Waals surface area contributed by atoms with Crippen molar-refractivity contribution in [2.45, 2.75) is 58.5 Å². The fourth-order valence-corrected chi connectivity index (χ4v) is 2.98. The van der Waals surface area contributed by atoms with Gasteiger partial charge in [-0.25, -0.2) is 0 Å². The molecule has 1 aliphatic heterocycles. The van der Waals surface area contributed by atoms with Gasteiger partial charge in [-0.3, -0.25) is 4.98 Å². The second-order valence-corrected chi connectivity index (χ2v) is 5.43. The molecule has 0 bridgehead atoms. The summed E-state index contributed by atoms with van der Waals surface area (Å²) < 4.78 is 0. The summed E-state index contributed by atoms with van der Waals surface area (Å²) in [7, 11) is 0. The van der Waals surface area contributed by atoms with Crippen LogP contribution in [0, 0.1) is 0 Å². The van der Waals surface area contributed by atoms with E-state index in [-0.39, 0.29) is 0 Å². The maximum atomic E-state index is 4.30. The molecule has 0 aromatic carbocycles. The van der Waals surface area contributed by atoms with Gasteiger partial charge in [0.15, 0.2) is 0 Å². The lowest BCUT2D eigenvalue weighted by molar-refractivity contribution is 0.448. The van der Waals surface area contributed by atoms with E-state index in [0.29, 0.717) is 6.04 Å². The number of aromatic nitrogens is 1. The van der Waals surface area contributed by atoms with Gasteiger partial charge < -0.3 is 10.2 Å². The molecule has 1 N–H and O–H groups in total. The number of hydrogen-bond donors (Lipinski definition) is 1. The van der Waals surface area contributed by atoms with Crippen LogP contribution in [0.2, 0.25) is 0 Å². The van der Waals surface area contributed by atoms with Gasteiger partial charge in [0.25, 0.3) is 0 Å². The largest absolute Gasteiger partial charge is 0.368 e. The first-order valence-electron chi connectivity index (χ1n) is 7.77. The first-order chi connectivity index (χ1) is 9.36. The van der Waals surface area contributed by atoms with E-state index in [4.69, 9.17) is 0 Å². The Morgan fingerprint density at radius 3 is 3.05 bits per heavy atom. The summed E-state index contributed by atoms with van der Waals surface area (Å²) in [6.45, 7) is 7.72. The van der Waals surface area contributed by atoms with Gasteiger partial charge in [0.05, 0.1) is 0 Å². The molecule has 0 aliphatic carbocycles. The Morgan fingerprint density at radius 1 is 1.37 bits per heavy atom. The summed E-state index contributed by atoms with van der Waals surface area (Å²) in [4.78, 5) is 6.91. The minimum Gasteiger partial charge on any atom is -0.368 e. The van der Waals surface area contributed by atoms with Crippen molar-refractivity contribution in [2.75, 3.05) is 18.0 Å². The Hall–Kier alpha value is -1.09. The lowest BCUT2D eigenvalue weighted by atomic mass is 9.98. The quantitative estimate of drug-likeness (QED) is 0.796. The van der Waals surface area contributed by atoms with Crippen molar-refractivity contribution < 1.29 is 0 Å². The lowest BCUT2D eigenvalue weighted by Crippen LogP contribution is -2.40. The average Bonchev–Trinajstić information content (AvgIpc) is 2.48. The Kier molecular flexibility index (Phi) is 5.64. The van der Waals surface area contributed by atoms with E-state index in [0.717, 1.165) is 13.1 Å². The van der Waals surface area contributed by atoms with E-state index >= 15 is 0 Å². The SMILES string of the molecule is CCCNCc1cnccc1N1CCCCC1CC. The van der Waals surface area contributed by atoms with Gasteiger partial charge in [-0.1, -0.05) is 13.8 Å². The van der Waals surface area contributed by atoms with E-state index in [1.54, 1.807) is 0 Å². The Morgan fingerprint density at radius 2 is 2.26 bits per heavy atom. The van der Waals surface area contributed by atoms with Gasteiger partial charge in [-0.05, 0) is 44.7 Å². The highest BCUT2D eigenvalue weighted by molar-refractivity contribution is 5.53. The zero-order valence-electron chi connectivity index (χ0n) is 12.4. The van der Waals surface area contributed by atoms with Crippen molar-refractivity contribution in [1.82, 2.24) is 10.3 Å². The molecule has 1 aromatic heterocycles. The van der Waals surface area contributed by atoms with Crippen LogP contribution >= 0.6 is 0 Å². The Bertz CT molecular complexity index is 378. The van der Waals surface area contributed by atoms with Crippen LogP contribution in [0.3, 0.4) is 0 Å². The molecule has 1 fully saturated rings. The number of nitrogens with zero attached hydrogens (tertiary/aromatic N) is 2. The van der Waals surface area contributed by atoms with Crippen LogP contribution in [-0.2, 0) is 6.54 Å². The Labute approximate surface area is 117 Å². The number of anilines is 1. The first-order valence-corrected chi connectivity index (χ1v) is 7.77. The van der Waals surface area contributed by atoms with Crippen molar-refractivity contribution in [1.29, 1.82) is 0 Å². The Balaban J connectivity index is 2.12. The van der Waals surface area contributed by atoms with Gasteiger partial charge >= 0.3 is 0 Å².